The molecule has 0 bridgehead atoms. The van der Waals surface area contributed by atoms with Gasteiger partial charge in [0.1, 0.15) is 6.61 Å². The quantitative estimate of drug-likeness (QED) is 0.678. The Morgan fingerprint density at radius 3 is 2.89 bits per heavy atom. The second-order valence-electron chi connectivity index (χ2n) is 3.82. The second-order valence-corrected chi connectivity index (χ2v) is 3.82. The molecule has 0 spiro atoms. The monoisotopic (exact) mass is 252 g/mol. The van der Waals surface area contributed by atoms with Crippen LogP contribution in [0.5, 0.6) is 0 Å². The van der Waals surface area contributed by atoms with Gasteiger partial charge in [0.15, 0.2) is 0 Å². The van der Waals surface area contributed by atoms with Crippen LogP contribution < -0.4 is 10.6 Å². The summed E-state index contributed by atoms with van der Waals surface area (Å²) in [5.74, 6) is -0.160. The van der Waals surface area contributed by atoms with Gasteiger partial charge in [-0.1, -0.05) is 12.1 Å². The first kappa shape index (κ1) is 14.6. The first-order valence-corrected chi connectivity index (χ1v) is 5.86. The molecule has 0 atom stereocenters. The minimum atomic E-state index is -0.160. The predicted molar refractivity (Wildman–Crippen MR) is 70.5 cm³/mol. The fourth-order valence-corrected chi connectivity index (χ4v) is 1.47. The van der Waals surface area contributed by atoms with Crippen LogP contribution in [0.15, 0.2) is 24.3 Å². The predicted octanol–water partition coefficient (Wildman–Crippen LogP) is 1.01. The minimum absolute atomic E-state index is 0.0413. The summed E-state index contributed by atoms with van der Waals surface area (Å²) in [6.45, 7) is 1.72. The van der Waals surface area contributed by atoms with E-state index in [1.54, 1.807) is 7.11 Å². The van der Waals surface area contributed by atoms with Gasteiger partial charge in [-0.05, 0) is 24.7 Å². The topological polar surface area (TPSA) is 59.6 Å². The van der Waals surface area contributed by atoms with Crippen molar-refractivity contribution in [1.29, 1.82) is 0 Å². The molecular formula is C13H20N2O3. The number of benzene rings is 1. The molecule has 1 aromatic rings. The maximum atomic E-state index is 11.6. The number of ether oxygens (including phenoxy) is 2. The van der Waals surface area contributed by atoms with Gasteiger partial charge in [0.25, 0.3) is 0 Å². The van der Waals surface area contributed by atoms with Crippen LogP contribution in [-0.4, -0.2) is 39.9 Å². The van der Waals surface area contributed by atoms with Crippen LogP contribution in [-0.2, 0) is 20.8 Å². The van der Waals surface area contributed by atoms with E-state index < -0.39 is 0 Å². The zero-order valence-corrected chi connectivity index (χ0v) is 10.9. The Hall–Kier alpha value is -1.43. The SMILES string of the molecule is CNCc1cccc(NC(=O)COCCOC)c1. The van der Waals surface area contributed by atoms with E-state index in [9.17, 15) is 4.79 Å². The van der Waals surface area contributed by atoms with Gasteiger partial charge in [0.05, 0.1) is 13.2 Å². The smallest absolute Gasteiger partial charge is 0.250 e. The molecule has 0 aliphatic carbocycles. The van der Waals surface area contributed by atoms with E-state index in [0.717, 1.165) is 17.8 Å². The van der Waals surface area contributed by atoms with Crippen molar-refractivity contribution in [2.45, 2.75) is 6.54 Å². The molecule has 0 heterocycles. The molecule has 0 aliphatic rings. The Morgan fingerprint density at radius 1 is 1.33 bits per heavy atom. The molecule has 2 N–H and O–H groups in total. The van der Waals surface area contributed by atoms with Crippen molar-refractivity contribution in [1.82, 2.24) is 5.32 Å². The van der Waals surface area contributed by atoms with Crippen LogP contribution in [0.4, 0.5) is 5.69 Å². The largest absolute Gasteiger partial charge is 0.382 e. The molecule has 1 rings (SSSR count). The average molecular weight is 252 g/mol. The maximum Gasteiger partial charge on any atom is 0.250 e. The summed E-state index contributed by atoms with van der Waals surface area (Å²) in [7, 11) is 3.48. The van der Waals surface area contributed by atoms with Crippen LogP contribution in [0, 0.1) is 0 Å². The lowest BCUT2D eigenvalue weighted by atomic mass is 10.2. The highest BCUT2D eigenvalue weighted by molar-refractivity contribution is 5.91. The number of carbonyl (C=O) groups is 1. The van der Waals surface area contributed by atoms with Gasteiger partial charge >= 0.3 is 0 Å². The van der Waals surface area contributed by atoms with E-state index in [2.05, 4.69) is 10.6 Å². The third kappa shape index (κ3) is 5.77. The Bertz CT molecular complexity index is 369. The second kappa shape index (κ2) is 8.63. The van der Waals surface area contributed by atoms with Crippen molar-refractivity contribution in [2.75, 3.05) is 39.3 Å². The fraction of sp³-hybridized carbons (Fsp3) is 0.462. The van der Waals surface area contributed by atoms with Crippen LogP contribution in [0.25, 0.3) is 0 Å². The number of hydrogen-bond donors (Lipinski definition) is 2. The van der Waals surface area contributed by atoms with Gasteiger partial charge in [-0.3, -0.25) is 4.79 Å². The van der Waals surface area contributed by atoms with Crippen molar-refractivity contribution >= 4 is 11.6 Å². The molecule has 0 saturated carbocycles. The van der Waals surface area contributed by atoms with E-state index >= 15 is 0 Å². The molecule has 5 heteroatoms. The van der Waals surface area contributed by atoms with E-state index in [1.165, 1.54) is 0 Å². The average Bonchev–Trinajstić information content (AvgIpc) is 2.35. The highest BCUT2D eigenvalue weighted by Crippen LogP contribution is 2.10. The van der Waals surface area contributed by atoms with E-state index in [-0.39, 0.29) is 12.5 Å². The van der Waals surface area contributed by atoms with Gasteiger partial charge in [0.2, 0.25) is 5.91 Å². The molecule has 0 aromatic heterocycles. The van der Waals surface area contributed by atoms with Gasteiger partial charge in [-0.2, -0.15) is 0 Å². The number of anilines is 1. The van der Waals surface area contributed by atoms with Crippen LogP contribution in [0.2, 0.25) is 0 Å². The lowest BCUT2D eigenvalue weighted by Crippen LogP contribution is -2.19. The number of methoxy groups -OCH3 is 1. The number of carbonyl (C=O) groups excluding carboxylic acids is 1. The molecule has 5 nitrogen and oxygen atoms in total. The summed E-state index contributed by atoms with van der Waals surface area (Å²) in [4.78, 5) is 11.6. The van der Waals surface area contributed by atoms with Crippen molar-refractivity contribution in [3.8, 4) is 0 Å². The third-order valence-electron chi connectivity index (χ3n) is 2.26. The highest BCUT2D eigenvalue weighted by atomic mass is 16.5. The summed E-state index contributed by atoms with van der Waals surface area (Å²) < 4.78 is 9.96. The molecular weight excluding hydrogens is 232 g/mol. The van der Waals surface area contributed by atoms with Crippen molar-refractivity contribution < 1.29 is 14.3 Å². The molecule has 0 unspecified atom stereocenters. The molecule has 0 aliphatic heterocycles. The summed E-state index contributed by atoms with van der Waals surface area (Å²) >= 11 is 0. The van der Waals surface area contributed by atoms with Gasteiger partial charge < -0.3 is 20.1 Å². The lowest BCUT2D eigenvalue weighted by Gasteiger charge is -2.07. The zero-order valence-electron chi connectivity index (χ0n) is 10.9. The van der Waals surface area contributed by atoms with Crippen molar-refractivity contribution in [3.63, 3.8) is 0 Å². The molecule has 0 saturated heterocycles. The highest BCUT2D eigenvalue weighted by Gasteiger charge is 2.02. The van der Waals surface area contributed by atoms with Gasteiger partial charge in [-0.25, -0.2) is 0 Å². The number of amides is 1. The Balaban J connectivity index is 2.36. The van der Waals surface area contributed by atoms with Crippen LogP contribution in [0.3, 0.4) is 0 Å². The summed E-state index contributed by atoms with van der Waals surface area (Å²) in [6, 6.07) is 7.70. The Labute approximate surface area is 107 Å². The van der Waals surface area contributed by atoms with E-state index in [0.29, 0.717) is 13.2 Å². The molecule has 0 radical (unpaired) electrons. The van der Waals surface area contributed by atoms with Gasteiger partial charge in [0, 0.05) is 19.3 Å². The molecule has 100 valence electrons. The Kier molecular flexibility index (Phi) is 7.01. The maximum absolute atomic E-state index is 11.6. The summed E-state index contributed by atoms with van der Waals surface area (Å²) in [6.07, 6.45) is 0. The van der Waals surface area contributed by atoms with Crippen LogP contribution in [0.1, 0.15) is 5.56 Å². The summed E-state index contributed by atoms with van der Waals surface area (Å²) in [5.41, 5.74) is 1.90. The first-order valence-electron chi connectivity index (χ1n) is 5.86. The molecule has 18 heavy (non-hydrogen) atoms. The number of hydrogen-bond acceptors (Lipinski definition) is 4. The zero-order chi connectivity index (χ0) is 13.2. The standard InChI is InChI=1S/C13H20N2O3/c1-14-9-11-4-3-5-12(8-11)15-13(16)10-18-7-6-17-2/h3-5,8,14H,6-7,9-10H2,1-2H3,(H,15,16). The van der Waals surface area contributed by atoms with E-state index in [1.807, 2.05) is 31.3 Å². The normalized spacial score (nSPS) is 10.3. The minimum Gasteiger partial charge on any atom is -0.382 e. The van der Waals surface area contributed by atoms with Crippen molar-refractivity contribution in [2.24, 2.45) is 0 Å². The third-order valence-corrected chi connectivity index (χ3v) is 2.26. The molecule has 1 aromatic carbocycles. The number of nitrogens with one attached hydrogen (secondary N) is 2. The molecule has 0 fully saturated rings. The summed E-state index contributed by atoms with van der Waals surface area (Å²) in [5, 5.41) is 5.85. The number of rotatable bonds is 8. The first-order chi connectivity index (χ1) is 8.76. The molecule has 1 amide bonds. The van der Waals surface area contributed by atoms with Crippen molar-refractivity contribution in [3.05, 3.63) is 29.8 Å². The van der Waals surface area contributed by atoms with Gasteiger partial charge in [-0.15, -0.1) is 0 Å². The fourth-order valence-electron chi connectivity index (χ4n) is 1.47. The van der Waals surface area contributed by atoms with Crippen LogP contribution >= 0.6 is 0 Å². The lowest BCUT2D eigenvalue weighted by molar-refractivity contribution is -0.121. The Morgan fingerprint density at radius 2 is 2.17 bits per heavy atom. The van der Waals surface area contributed by atoms with E-state index in [4.69, 9.17) is 9.47 Å².